The second-order valence-electron chi connectivity index (χ2n) is 12.4. The normalized spacial score (nSPS) is 28.0. The number of primary amides is 1. The van der Waals surface area contributed by atoms with Crippen molar-refractivity contribution in [3.63, 3.8) is 0 Å². The maximum atomic E-state index is 14.1. The maximum Gasteiger partial charge on any atom is 0.235 e. The number of amides is 1. The average molecular weight is 609 g/mol. The molecule has 2 aromatic carbocycles. The van der Waals surface area contributed by atoms with Gasteiger partial charge in [-0.05, 0) is 62.2 Å². The van der Waals surface area contributed by atoms with E-state index in [0.717, 1.165) is 0 Å². The first-order valence-electron chi connectivity index (χ1n) is 14.2. The molecule has 13 nitrogen and oxygen atoms in total. The van der Waals surface area contributed by atoms with E-state index in [0.29, 0.717) is 22.4 Å². The summed E-state index contributed by atoms with van der Waals surface area (Å²) in [5.74, 6) is -11.5. The Balaban J connectivity index is 1.53. The number of hydrogen-bond donors (Lipinski definition) is 6. The number of ketones is 4. The summed E-state index contributed by atoms with van der Waals surface area (Å²) >= 11 is 0. The van der Waals surface area contributed by atoms with Gasteiger partial charge in [0.05, 0.1) is 17.5 Å². The van der Waals surface area contributed by atoms with E-state index in [1.807, 2.05) is 0 Å². The molecule has 0 aromatic heterocycles. The van der Waals surface area contributed by atoms with E-state index in [2.05, 4.69) is 5.32 Å². The fourth-order valence-electron chi connectivity index (χ4n) is 7.26. The topological polar surface area (TPSA) is 211 Å². The van der Waals surface area contributed by atoms with Crippen LogP contribution in [0.2, 0.25) is 0 Å². The summed E-state index contributed by atoms with van der Waals surface area (Å²) in [5, 5.41) is 45.6. The smallest absolute Gasteiger partial charge is 0.235 e. The standard InChI is InChI=1S/C31H36N4O9/c1-34(2)18-10-15(12-33-11-13-5-6-19(36)20(37)7-13)25(38)22-16(18)8-14-9-17-24(35(3)4)27(40)23(30(32)43)29(42)31(17,44)28(41)21(14)26(22)39/h5-7,10,14,17,21,23-24,33,36-38,44H,8-9,11-12H2,1-4H3,(H2,32,43)/t14-,17-,21?,23?,24+,31-/m0/s1. The van der Waals surface area contributed by atoms with Gasteiger partial charge in [0.2, 0.25) is 5.91 Å². The van der Waals surface area contributed by atoms with Crippen LogP contribution in [0.15, 0.2) is 24.3 Å². The van der Waals surface area contributed by atoms with Crippen LogP contribution in [0.1, 0.15) is 33.5 Å². The van der Waals surface area contributed by atoms with E-state index in [1.54, 1.807) is 31.1 Å². The number of nitrogens with one attached hydrogen (secondary N) is 1. The number of carbonyl (C=O) groups is 5. The van der Waals surface area contributed by atoms with Gasteiger partial charge in [0, 0.05) is 44.4 Å². The zero-order chi connectivity index (χ0) is 32.4. The molecule has 0 aliphatic heterocycles. The van der Waals surface area contributed by atoms with Gasteiger partial charge in [-0.1, -0.05) is 6.07 Å². The van der Waals surface area contributed by atoms with Gasteiger partial charge in [0.1, 0.15) is 5.75 Å². The first-order valence-corrected chi connectivity index (χ1v) is 14.2. The molecule has 44 heavy (non-hydrogen) atoms. The molecule has 0 saturated heterocycles. The summed E-state index contributed by atoms with van der Waals surface area (Å²) in [6, 6.07) is 4.92. The van der Waals surface area contributed by atoms with Gasteiger partial charge in [-0.15, -0.1) is 0 Å². The largest absolute Gasteiger partial charge is 0.507 e. The third-order valence-electron chi connectivity index (χ3n) is 9.28. The van der Waals surface area contributed by atoms with Gasteiger partial charge in [0.15, 0.2) is 46.2 Å². The van der Waals surface area contributed by atoms with Crippen LogP contribution < -0.4 is 16.0 Å². The van der Waals surface area contributed by atoms with Crippen molar-refractivity contribution in [1.82, 2.24) is 10.2 Å². The number of Topliss-reactive ketones (excluding diaryl/α,β-unsaturated/α-hetero) is 4. The molecule has 0 bridgehead atoms. The van der Waals surface area contributed by atoms with Gasteiger partial charge in [-0.3, -0.25) is 28.9 Å². The first kappa shape index (κ1) is 31.1. The number of fused-ring (bicyclic) bond motifs is 3. The lowest BCUT2D eigenvalue weighted by Crippen LogP contribution is -2.74. The number of anilines is 1. The highest BCUT2D eigenvalue weighted by Gasteiger charge is 2.69. The zero-order valence-corrected chi connectivity index (χ0v) is 24.8. The van der Waals surface area contributed by atoms with Crippen LogP contribution in [0.5, 0.6) is 17.2 Å². The zero-order valence-electron chi connectivity index (χ0n) is 24.8. The van der Waals surface area contributed by atoms with Crippen LogP contribution in [-0.2, 0) is 38.7 Å². The highest BCUT2D eigenvalue weighted by atomic mass is 16.3. The second kappa shape index (κ2) is 11.0. The Kier molecular flexibility index (Phi) is 7.77. The Hall–Kier alpha value is -4.33. The Morgan fingerprint density at radius 2 is 1.68 bits per heavy atom. The van der Waals surface area contributed by atoms with Crippen molar-refractivity contribution < 1.29 is 44.4 Å². The summed E-state index contributed by atoms with van der Waals surface area (Å²) in [4.78, 5) is 70.3. The van der Waals surface area contributed by atoms with Crippen LogP contribution in [0, 0.1) is 23.7 Å². The third-order valence-corrected chi connectivity index (χ3v) is 9.28. The molecule has 0 spiro atoms. The summed E-state index contributed by atoms with van der Waals surface area (Å²) in [5.41, 5.74) is 4.65. The van der Waals surface area contributed by atoms with E-state index in [-0.39, 0.29) is 48.7 Å². The van der Waals surface area contributed by atoms with Crippen molar-refractivity contribution in [3.05, 3.63) is 46.5 Å². The van der Waals surface area contributed by atoms with Gasteiger partial charge in [0.25, 0.3) is 0 Å². The number of hydrogen-bond acceptors (Lipinski definition) is 12. The van der Waals surface area contributed by atoms with Crippen molar-refractivity contribution in [2.75, 3.05) is 33.1 Å². The highest BCUT2D eigenvalue weighted by Crippen LogP contribution is 2.52. The number of benzene rings is 2. The van der Waals surface area contributed by atoms with Crippen LogP contribution in [0.3, 0.4) is 0 Å². The van der Waals surface area contributed by atoms with E-state index in [9.17, 15) is 44.4 Å². The third kappa shape index (κ3) is 4.62. The lowest BCUT2D eigenvalue weighted by molar-refractivity contribution is -0.181. The van der Waals surface area contributed by atoms with Crippen molar-refractivity contribution >= 4 is 34.7 Å². The Morgan fingerprint density at radius 3 is 2.27 bits per heavy atom. The molecule has 234 valence electrons. The summed E-state index contributed by atoms with van der Waals surface area (Å²) < 4.78 is 0. The molecule has 6 atom stereocenters. The summed E-state index contributed by atoms with van der Waals surface area (Å²) in [7, 11) is 6.62. The van der Waals surface area contributed by atoms with E-state index < -0.39 is 64.4 Å². The number of nitrogens with two attached hydrogens (primary N) is 1. The number of phenols is 3. The predicted molar refractivity (Wildman–Crippen MR) is 156 cm³/mol. The van der Waals surface area contributed by atoms with E-state index >= 15 is 0 Å². The monoisotopic (exact) mass is 608 g/mol. The molecular weight excluding hydrogens is 572 g/mol. The van der Waals surface area contributed by atoms with Crippen molar-refractivity contribution in [2.24, 2.45) is 29.4 Å². The average Bonchev–Trinajstić information content (AvgIpc) is 2.93. The van der Waals surface area contributed by atoms with Gasteiger partial charge < -0.3 is 36.4 Å². The molecule has 3 aliphatic carbocycles. The Morgan fingerprint density at radius 1 is 1.00 bits per heavy atom. The molecule has 3 aliphatic rings. The van der Waals surface area contributed by atoms with E-state index in [1.165, 1.54) is 31.1 Å². The molecule has 0 radical (unpaired) electrons. The predicted octanol–water partition coefficient (Wildman–Crippen LogP) is -0.366. The Bertz CT molecular complexity index is 1600. The Labute approximate surface area is 253 Å². The molecule has 2 fully saturated rings. The van der Waals surface area contributed by atoms with E-state index in [4.69, 9.17) is 5.73 Å². The highest BCUT2D eigenvalue weighted by molar-refractivity contribution is 6.32. The lowest BCUT2D eigenvalue weighted by atomic mass is 9.52. The maximum absolute atomic E-state index is 14.1. The molecule has 13 heteroatoms. The molecule has 2 saturated carbocycles. The molecule has 2 unspecified atom stereocenters. The molecule has 1 amide bonds. The number of rotatable bonds is 7. The number of aromatic hydroxyl groups is 3. The SMILES string of the molecule is CN(C)c1cc(CNCc2ccc(O)c(O)c2)c(O)c2c1C[C@H]1C[C@H]3[C@@H](N(C)C)C(=O)C(C(N)=O)C(=O)[C@@]3(O)C(=O)C1C2=O. The minimum atomic E-state index is -2.79. The van der Waals surface area contributed by atoms with Crippen LogP contribution in [-0.4, -0.2) is 94.2 Å². The number of carbonyl (C=O) groups excluding carboxylic acids is 5. The minimum absolute atomic E-state index is 0.0275. The van der Waals surface area contributed by atoms with Crippen molar-refractivity contribution in [1.29, 1.82) is 0 Å². The molecular formula is C31H36N4O9. The fourth-order valence-corrected chi connectivity index (χ4v) is 7.26. The lowest BCUT2D eigenvalue weighted by Gasteiger charge is -2.52. The quantitative estimate of drug-likeness (QED) is 0.176. The molecule has 7 N–H and O–H groups in total. The molecule has 2 aromatic rings. The summed E-state index contributed by atoms with van der Waals surface area (Å²) in [6.45, 7) is 0.344. The number of nitrogens with zero attached hydrogens (tertiary/aromatic N) is 2. The van der Waals surface area contributed by atoms with Gasteiger partial charge in [-0.25, -0.2) is 0 Å². The van der Waals surface area contributed by atoms with Gasteiger partial charge in [-0.2, -0.15) is 0 Å². The fraction of sp³-hybridized carbons (Fsp3) is 0.452. The second-order valence-corrected chi connectivity index (χ2v) is 12.4. The number of aliphatic hydroxyl groups is 1. The van der Waals surface area contributed by atoms with Crippen LogP contribution in [0.25, 0.3) is 0 Å². The molecule has 0 heterocycles. The minimum Gasteiger partial charge on any atom is -0.507 e. The van der Waals surface area contributed by atoms with Crippen molar-refractivity contribution in [3.8, 4) is 17.2 Å². The first-order chi connectivity index (χ1) is 20.6. The van der Waals surface area contributed by atoms with Crippen molar-refractivity contribution in [2.45, 2.75) is 37.6 Å². The summed E-state index contributed by atoms with van der Waals surface area (Å²) in [6.07, 6.45) is 0.133. The van der Waals surface area contributed by atoms with Gasteiger partial charge >= 0.3 is 0 Å². The van der Waals surface area contributed by atoms with Crippen LogP contribution in [0.4, 0.5) is 5.69 Å². The van der Waals surface area contributed by atoms with Crippen LogP contribution >= 0.6 is 0 Å². The number of phenolic OH excluding ortho intramolecular Hbond substituents is 3. The number of likely N-dealkylation sites (N-methyl/N-ethyl adjacent to an activating group) is 1. The molecule has 5 rings (SSSR count).